The molecule has 0 heterocycles. The summed E-state index contributed by atoms with van der Waals surface area (Å²) < 4.78 is 0. The van der Waals surface area contributed by atoms with E-state index in [2.05, 4.69) is 6.92 Å². The third-order valence-corrected chi connectivity index (χ3v) is 3.54. The second kappa shape index (κ2) is 12.3. The molecular formula is C15H28N2O4. The first-order valence-corrected chi connectivity index (χ1v) is 7.97. The first-order chi connectivity index (χ1) is 9.99. The van der Waals surface area contributed by atoms with Gasteiger partial charge in [0, 0.05) is 18.3 Å². The Kier molecular flexibility index (Phi) is 11.4. The quantitative estimate of drug-likeness (QED) is 0.279. The number of nitrogens with zero attached hydrogens (tertiary/aromatic N) is 2. The van der Waals surface area contributed by atoms with Crippen molar-refractivity contribution in [3.8, 4) is 0 Å². The Balaban J connectivity index is 3.81. The third kappa shape index (κ3) is 10.9. The molecule has 0 fully saturated rings. The van der Waals surface area contributed by atoms with E-state index in [9.17, 15) is 20.2 Å². The summed E-state index contributed by atoms with van der Waals surface area (Å²) in [5.74, 6) is 0. The van der Waals surface area contributed by atoms with Gasteiger partial charge >= 0.3 is 0 Å². The van der Waals surface area contributed by atoms with Crippen molar-refractivity contribution in [1.29, 1.82) is 0 Å². The first-order valence-electron chi connectivity index (χ1n) is 7.97. The maximum atomic E-state index is 10.8. The van der Waals surface area contributed by atoms with Gasteiger partial charge in [0.15, 0.2) is 0 Å². The summed E-state index contributed by atoms with van der Waals surface area (Å²) in [6.07, 6.45) is 11.8. The van der Waals surface area contributed by atoms with Crippen molar-refractivity contribution >= 4 is 0 Å². The highest BCUT2D eigenvalue weighted by Crippen LogP contribution is 2.14. The summed E-state index contributed by atoms with van der Waals surface area (Å²) in [4.78, 5) is 20.3. The van der Waals surface area contributed by atoms with E-state index in [1.54, 1.807) is 0 Å². The maximum absolute atomic E-state index is 10.8. The molecule has 0 aliphatic carbocycles. The van der Waals surface area contributed by atoms with Gasteiger partial charge in [-0.05, 0) is 6.42 Å². The number of hydrogen-bond acceptors (Lipinski definition) is 4. The van der Waals surface area contributed by atoms with Crippen LogP contribution in [0.4, 0.5) is 0 Å². The molecule has 0 N–H and O–H groups in total. The van der Waals surface area contributed by atoms with Crippen LogP contribution in [-0.4, -0.2) is 15.9 Å². The topological polar surface area (TPSA) is 86.3 Å². The van der Waals surface area contributed by atoms with E-state index >= 15 is 0 Å². The van der Waals surface area contributed by atoms with Gasteiger partial charge in [0.2, 0.25) is 11.7 Å². The molecule has 0 rings (SSSR count). The summed E-state index contributed by atoms with van der Waals surface area (Å²) in [7, 11) is 0. The molecule has 0 aliphatic heterocycles. The molecule has 0 bridgehead atoms. The molecule has 6 nitrogen and oxygen atoms in total. The lowest BCUT2D eigenvalue weighted by Gasteiger charge is -2.02. The molecule has 6 heteroatoms. The van der Waals surface area contributed by atoms with E-state index in [1.807, 2.05) is 0 Å². The van der Waals surface area contributed by atoms with Gasteiger partial charge in [-0.3, -0.25) is 20.2 Å². The third-order valence-electron chi connectivity index (χ3n) is 3.54. The fourth-order valence-electron chi connectivity index (χ4n) is 2.19. The number of nitro groups is 2. The van der Waals surface area contributed by atoms with Crippen LogP contribution in [0.5, 0.6) is 0 Å². The summed E-state index contributed by atoms with van der Waals surface area (Å²) in [5.41, 5.74) is -0.0258. The van der Waals surface area contributed by atoms with Crippen LogP contribution >= 0.6 is 0 Å². The highest BCUT2D eigenvalue weighted by molar-refractivity contribution is 4.95. The lowest BCUT2D eigenvalue weighted by atomic mass is 10.1. The minimum Gasteiger partial charge on any atom is -0.264 e. The molecule has 1 atom stereocenters. The van der Waals surface area contributed by atoms with Gasteiger partial charge in [0.25, 0.3) is 0 Å². The number of rotatable bonds is 13. The zero-order valence-electron chi connectivity index (χ0n) is 13.3. The molecule has 0 aromatic rings. The van der Waals surface area contributed by atoms with E-state index in [0.717, 1.165) is 25.3 Å². The van der Waals surface area contributed by atoms with Crippen molar-refractivity contribution in [1.82, 2.24) is 0 Å². The summed E-state index contributed by atoms with van der Waals surface area (Å²) in [6.45, 7) is 3.56. The Morgan fingerprint density at radius 3 is 1.86 bits per heavy atom. The minimum absolute atomic E-state index is 0.0258. The predicted molar refractivity (Wildman–Crippen MR) is 83.4 cm³/mol. The van der Waals surface area contributed by atoms with Crippen molar-refractivity contribution in [3.05, 3.63) is 32.0 Å². The molecule has 0 aromatic carbocycles. The smallest absolute Gasteiger partial charge is 0.249 e. The highest BCUT2D eigenvalue weighted by atomic mass is 16.6. The molecule has 0 aliphatic rings. The van der Waals surface area contributed by atoms with Crippen LogP contribution in [0.2, 0.25) is 0 Å². The summed E-state index contributed by atoms with van der Waals surface area (Å²) in [5, 5.41) is 21.4. The Morgan fingerprint density at radius 2 is 1.43 bits per heavy atom. The molecular weight excluding hydrogens is 272 g/mol. The van der Waals surface area contributed by atoms with E-state index in [-0.39, 0.29) is 5.70 Å². The summed E-state index contributed by atoms with van der Waals surface area (Å²) in [6, 6.07) is -0.996. The van der Waals surface area contributed by atoms with Gasteiger partial charge in [-0.1, -0.05) is 58.3 Å². The standard InChI is InChI=1S/C15H28N2O4/c1-3-4-5-6-7-8-9-10-11-12-15(17(20)21)13-14(2)16(18)19/h13-14H,3-12H2,1-2H3. The Morgan fingerprint density at radius 1 is 0.952 bits per heavy atom. The molecule has 0 radical (unpaired) electrons. The van der Waals surface area contributed by atoms with Crippen molar-refractivity contribution in [2.75, 3.05) is 0 Å². The van der Waals surface area contributed by atoms with Crippen LogP contribution in [0.25, 0.3) is 0 Å². The molecule has 21 heavy (non-hydrogen) atoms. The zero-order chi connectivity index (χ0) is 16.1. The normalized spacial score (nSPS) is 13.1. The van der Waals surface area contributed by atoms with Gasteiger partial charge in [-0.25, -0.2) is 0 Å². The first kappa shape index (κ1) is 19.5. The van der Waals surface area contributed by atoms with Crippen LogP contribution in [0.15, 0.2) is 11.8 Å². The number of unbranched alkanes of at least 4 members (excludes halogenated alkanes) is 8. The van der Waals surface area contributed by atoms with Gasteiger partial charge in [-0.2, -0.15) is 0 Å². The van der Waals surface area contributed by atoms with Crippen molar-refractivity contribution in [3.63, 3.8) is 0 Å². The SMILES string of the molecule is CCCCCCCCCCCC(=CC(C)[N+](=O)[O-])[N+](=O)[O-]. The van der Waals surface area contributed by atoms with Crippen LogP contribution in [0.1, 0.15) is 78.1 Å². The Bertz CT molecular complexity index is 343. The minimum atomic E-state index is -0.996. The molecule has 1 unspecified atom stereocenters. The molecule has 0 amide bonds. The van der Waals surface area contributed by atoms with Gasteiger partial charge in [0.05, 0.1) is 11.0 Å². The van der Waals surface area contributed by atoms with E-state index in [4.69, 9.17) is 0 Å². The summed E-state index contributed by atoms with van der Waals surface area (Å²) >= 11 is 0. The fourth-order valence-corrected chi connectivity index (χ4v) is 2.19. The van der Waals surface area contributed by atoms with Crippen molar-refractivity contribution in [2.24, 2.45) is 0 Å². The molecule has 0 saturated heterocycles. The second-order valence-corrected chi connectivity index (χ2v) is 5.52. The van der Waals surface area contributed by atoms with Crippen LogP contribution in [0, 0.1) is 20.2 Å². The molecule has 122 valence electrons. The Labute approximate surface area is 126 Å². The predicted octanol–water partition coefficient (Wildman–Crippen LogP) is 4.73. The number of hydrogen-bond donors (Lipinski definition) is 0. The lowest BCUT2D eigenvalue weighted by Crippen LogP contribution is -2.14. The van der Waals surface area contributed by atoms with Crippen LogP contribution < -0.4 is 0 Å². The maximum Gasteiger partial charge on any atom is 0.249 e. The average molecular weight is 300 g/mol. The monoisotopic (exact) mass is 300 g/mol. The Hall–Kier alpha value is -1.46. The van der Waals surface area contributed by atoms with Crippen LogP contribution in [-0.2, 0) is 0 Å². The average Bonchev–Trinajstić information content (AvgIpc) is 2.43. The van der Waals surface area contributed by atoms with E-state index in [1.165, 1.54) is 45.4 Å². The highest BCUT2D eigenvalue weighted by Gasteiger charge is 2.17. The van der Waals surface area contributed by atoms with Crippen molar-refractivity contribution < 1.29 is 9.85 Å². The fraction of sp³-hybridized carbons (Fsp3) is 0.867. The van der Waals surface area contributed by atoms with Crippen LogP contribution in [0.3, 0.4) is 0 Å². The molecule has 0 aromatic heterocycles. The second-order valence-electron chi connectivity index (χ2n) is 5.52. The van der Waals surface area contributed by atoms with Gasteiger partial charge in [-0.15, -0.1) is 0 Å². The zero-order valence-corrected chi connectivity index (χ0v) is 13.3. The lowest BCUT2D eigenvalue weighted by molar-refractivity contribution is -0.507. The van der Waals surface area contributed by atoms with Gasteiger partial charge < -0.3 is 0 Å². The number of allylic oxidation sites excluding steroid dienone is 1. The van der Waals surface area contributed by atoms with Gasteiger partial charge in [0.1, 0.15) is 0 Å². The largest absolute Gasteiger partial charge is 0.264 e. The van der Waals surface area contributed by atoms with E-state index in [0.29, 0.717) is 6.42 Å². The van der Waals surface area contributed by atoms with E-state index < -0.39 is 15.9 Å². The molecule has 0 spiro atoms. The van der Waals surface area contributed by atoms with Crippen molar-refractivity contribution in [2.45, 2.75) is 84.1 Å². The molecule has 0 saturated carbocycles.